The predicted octanol–water partition coefficient (Wildman–Crippen LogP) is 6.58. The third-order valence-electron chi connectivity index (χ3n) is 9.57. The van der Waals surface area contributed by atoms with E-state index < -0.39 is 0 Å². The number of benzene rings is 2. The lowest BCUT2D eigenvalue weighted by molar-refractivity contribution is 0.261. The van der Waals surface area contributed by atoms with Gasteiger partial charge < -0.3 is 9.80 Å². The molecule has 2 aliphatic heterocycles. The molecule has 40 heavy (non-hydrogen) atoms. The third-order valence-corrected chi connectivity index (χ3v) is 9.57. The second-order valence-electron chi connectivity index (χ2n) is 12.5. The molecule has 6 nitrogen and oxygen atoms in total. The van der Waals surface area contributed by atoms with Gasteiger partial charge in [-0.15, -0.1) is 0 Å². The molecule has 1 spiro atoms. The molecule has 1 atom stereocenters. The van der Waals surface area contributed by atoms with Crippen molar-refractivity contribution in [2.75, 3.05) is 22.9 Å². The Labute approximate surface area is 236 Å². The number of halogens is 1. The number of nitrogens with zero attached hydrogens (tertiary/aromatic N) is 6. The van der Waals surface area contributed by atoms with Gasteiger partial charge in [-0.05, 0) is 87.4 Å². The summed E-state index contributed by atoms with van der Waals surface area (Å²) in [6, 6.07) is 11.5. The fraction of sp³-hybridized carbons (Fsp3) is 0.455. The molecule has 1 unspecified atom stereocenters. The van der Waals surface area contributed by atoms with Crippen molar-refractivity contribution in [1.82, 2.24) is 19.6 Å². The van der Waals surface area contributed by atoms with Crippen LogP contribution in [0.3, 0.4) is 0 Å². The van der Waals surface area contributed by atoms with Gasteiger partial charge in [0.2, 0.25) is 0 Å². The summed E-state index contributed by atoms with van der Waals surface area (Å²) >= 11 is 0. The van der Waals surface area contributed by atoms with Gasteiger partial charge in [0.25, 0.3) is 0 Å². The molecule has 2 aromatic heterocycles. The largest absolute Gasteiger partial charge is 0.368 e. The Hall–Kier alpha value is -3.61. The molecule has 0 N–H and O–H groups in total. The van der Waals surface area contributed by atoms with Crippen LogP contribution in [0.15, 0.2) is 55.1 Å². The minimum atomic E-state index is -0.191. The van der Waals surface area contributed by atoms with Gasteiger partial charge >= 0.3 is 0 Å². The summed E-state index contributed by atoms with van der Waals surface area (Å²) in [6.45, 7) is 9.65. The van der Waals surface area contributed by atoms with Gasteiger partial charge in [0.15, 0.2) is 0 Å². The second kappa shape index (κ2) is 9.50. The van der Waals surface area contributed by atoms with Gasteiger partial charge in [-0.25, -0.2) is 4.39 Å². The summed E-state index contributed by atoms with van der Waals surface area (Å²) in [5, 5.41) is 8.99. The highest BCUT2D eigenvalue weighted by molar-refractivity contribution is 5.73. The maximum Gasteiger partial charge on any atom is 0.133 e. The fourth-order valence-corrected chi connectivity index (χ4v) is 7.24. The smallest absolute Gasteiger partial charge is 0.133 e. The summed E-state index contributed by atoms with van der Waals surface area (Å²) in [4.78, 5) is 4.94. The molecule has 0 saturated heterocycles. The van der Waals surface area contributed by atoms with Crippen LogP contribution in [0.25, 0.3) is 22.3 Å². The first-order valence-corrected chi connectivity index (χ1v) is 14.8. The van der Waals surface area contributed by atoms with Crippen molar-refractivity contribution in [3.8, 4) is 22.3 Å². The molecule has 3 aliphatic rings. The molecular formula is C33H39FN6. The zero-order valence-electron chi connectivity index (χ0n) is 24.1. The highest BCUT2D eigenvalue weighted by atomic mass is 19.1. The van der Waals surface area contributed by atoms with Crippen LogP contribution in [-0.4, -0.2) is 44.7 Å². The van der Waals surface area contributed by atoms with Crippen LogP contribution in [0.4, 0.5) is 15.8 Å². The molecule has 208 valence electrons. The summed E-state index contributed by atoms with van der Waals surface area (Å²) in [6.07, 6.45) is 13.7. The van der Waals surface area contributed by atoms with E-state index in [2.05, 4.69) is 64.7 Å². The maximum absolute atomic E-state index is 15.3. The Bertz CT molecular complexity index is 1560. The Morgan fingerprint density at radius 2 is 1.73 bits per heavy atom. The van der Waals surface area contributed by atoms with Crippen molar-refractivity contribution in [2.45, 2.75) is 76.9 Å². The lowest BCUT2D eigenvalue weighted by Crippen LogP contribution is -2.41. The minimum absolute atomic E-state index is 0.188. The van der Waals surface area contributed by atoms with E-state index in [1.807, 2.05) is 25.5 Å². The van der Waals surface area contributed by atoms with E-state index >= 15 is 4.39 Å². The molecule has 1 saturated carbocycles. The molecule has 2 aromatic carbocycles. The number of anilines is 2. The van der Waals surface area contributed by atoms with Crippen molar-refractivity contribution < 1.29 is 4.39 Å². The number of hydrogen-bond donors (Lipinski definition) is 0. The highest BCUT2D eigenvalue weighted by Crippen LogP contribution is 2.53. The van der Waals surface area contributed by atoms with Crippen molar-refractivity contribution in [3.05, 3.63) is 72.1 Å². The van der Waals surface area contributed by atoms with Gasteiger partial charge in [-0.1, -0.05) is 12.5 Å². The molecule has 1 fully saturated rings. The van der Waals surface area contributed by atoms with Crippen LogP contribution < -0.4 is 9.80 Å². The number of aromatic nitrogens is 4. The van der Waals surface area contributed by atoms with Crippen molar-refractivity contribution in [2.24, 2.45) is 7.05 Å². The maximum atomic E-state index is 15.3. The molecule has 7 heteroatoms. The predicted molar refractivity (Wildman–Crippen MR) is 159 cm³/mol. The monoisotopic (exact) mass is 538 g/mol. The Morgan fingerprint density at radius 3 is 2.45 bits per heavy atom. The summed E-state index contributed by atoms with van der Waals surface area (Å²) < 4.78 is 19.1. The normalized spacial score (nSPS) is 18.2. The summed E-state index contributed by atoms with van der Waals surface area (Å²) in [7, 11) is 1.86. The van der Waals surface area contributed by atoms with Gasteiger partial charge in [-0.3, -0.25) is 9.36 Å². The van der Waals surface area contributed by atoms with Crippen molar-refractivity contribution in [3.63, 3.8) is 0 Å². The van der Waals surface area contributed by atoms with E-state index in [1.54, 1.807) is 16.9 Å². The minimum Gasteiger partial charge on any atom is -0.368 e. The van der Waals surface area contributed by atoms with E-state index in [-0.39, 0.29) is 11.9 Å². The van der Waals surface area contributed by atoms with Crippen LogP contribution >= 0.6 is 0 Å². The molecule has 4 aromatic rings. The fourth-order valence-electron chi connectivity index (χ4n) is 7.24. The molecular weight excluding hydrogens is 499 g/mol. The lowest BCUT2D eigenvalue weighted by atomic mass is 9.65. The van der Waals surface area contributed by atoms with E-state index in [9.17, 15) is 0 Å². The lowest BCUT2D eigenvalue weighted by Gasteiger charge is -2.39. The van der Waals surface area contributed by atoms with Crippen LogP contribution in [0.2, 0.25) is 0 Å². The van der Waals surface area contributed by atoms with Gasteiger partial charge in [0.1, 0.15) is 5.82 Å². The Morgan fingerprint density at radius 1 is 0.900 bits per heavy atom. The first kappa shape index (κ1) is 25.4. The third kappa shape index (κ3) is 4.13. The van der Waals surface area contributed by atoms with Crippen LogP contribution in [-0.2, 0) is 25.4 Å². The van der Waals surface area contributed by atoms with Gasteiger partial charge in [0, 0.05) is 78.1 Å². The number of aryl methyl sites for hydroxylation is 2. The van der Waals surface area contributed by atoms with E-state index in [1.165, 1.54) is 47.2 Å². The molecule has 0 radical (unpaired) electrons. The van der Waals surface area contributed by atoms with Crippen molar-refractivity contribution in [1.29, 1.82) is 0 Å². The van der Waals surface area contributed by atoms with Crippen LogP contribution in [0, 0.1) is 5.82 Å². The molecule has 0 bridgehead atoms. The number of fused-ring (bicyclic) bond motifs is 3. The topological polar surface area (TPSA) is 42.1 Å². The first-order chi connectivity index (χ1) is 19.3. The van der Waals surface area contributed by atoms with Gasteiger partial charge in [0.05, 0.1) is 18.9 Å². The molecule has 0 amide bonds. The van der Waals surface area contributed by atoms with Crippen LogP contribution in [0.1, 0.15) is 57.6 Å². The average molecular weight is 539 g/mol. The van der Waals surface area contributed by atoms with Gasteiger partial charge in [-0.2, -0.15) is 10.2 Å². The SMILES string of the molecule is CC(C)N1CC2(CCC2)c2cc(-c3cnn(CC(C)N4CCCc5cc(-c6cnn(C)c6)c(F)cc54)c3)ccc21. The number of rotatable bonds is 6. The van der Waals surface area contributed by atoms with E-state index in [0.717, 1.165) is 43.7 Å². The standard InChI is InChI=1S/C33H39FN6/c1-22(2)40-21-33(10-6-11-33)29-14-24(8-9-31(29)40)26-16-36-38(20-26)18-23(3)39-12-5-7-25-13-28(30(34)15-32(25)39)27-17-35-37(4)19-27/h8-9,13-17,19-20,22-23H,5-7,10-12,18,21H2,1-4H3. The second-order valence-corrected chi connectivity index (χ2v) is 12.5. The van der Waals surface area contributed by atoms with E-state index in [0.29, 0.717) is 17.0 Å². The number of hydrogen-bond acceptors (Lipinski definition) is 4. The Kier molecular flexibility index (Phi) is 6.02. The Balaban J connectivity index is 1.11. The summed E-state index contributed by atoms with van der Waals surface area (Å²) in [5.41, 5.74) is 9.38. The average Bonchev–Trinajstić information content (AvgIpc) is 3.64. The molecule has 4 heterocycles. The zero-order valence-corrected chi connectivity index (χ0v) is 24.1. The molecule has 1 aliphatic carbocycles. The highest BCUT2D eigenvalue weighted by Gasteiger charge is 2.47. The molecule has 7 rings (SSSR count). The van der Waals surface area contributed by atoms with E-state index in [4.69, 9.17) is 5.10 Å². The first-order valence-electron chi connectivity index (χ1n) is 14.8. The quantitative estimate of drug-likeness (QED) is 0.278. The zero-order chi connectivity index (χ0) is 27.6. The van der Waals surface area contributed by atoms with Crippen LogP contribution in [0.5, 0.6) is 0 Å². The summed E-state index contributed by atoms with van der Waals surface area (Å²) in [5.74, 6) is -0.191. The van der Waals surface area contributed by atoms with Crippen molar-refractivity contribution >= 4 is 11.4 Å².